The van der Waals surface area contributed by atoms with E-state index in [1.54, 1.807) is 11.3 Å². The number of halogens is 1. The topological polar surface area (TPSA) is 94.1 Å². The van der Waals surface area contributed by atoms with E-state index >= 15 is 0 Å². The van der Waals surface area contributed by atoms with Crippen molar-refractivity contribution in [2.75, 3.05) is 6.54 Å². The molecule has 1 amide bonds. The van der Waals surface area contributed by atoms with E-state index in [0.717, 1.165) is 27.3 Å². The van der Waals surface area contributed by atoms with Gasteiger partial charge in [0.15, 0.2) is 0 Å². The first-order valence-corrected chi connectivity index (χ1v) is 11.7. The standard InChI is InChI=1S/C23H22ClN5O2S/c24-15-7-5-14(6-8-15)23-26-16(13-32-23)12-29-10-9-19(30)21(29)22(31)25-11-20-27-17-3-1-2-4-18(17)28-20/h1-8,13,19,21,30H,9-12H2,(H,25,31)(H,27,28). The van der Waals surface area contributed by atoms with Crippen LogP contribution in [-0.2, 0) is 17.9 Å². The molecule has 1 aliphatic rings. The van der Waals surface area contributed by atoms with E-state index in [1.807, 2.05) is 58.8 Å². The molecular formula is C23H22ClN5O2S. The molecule has 0 radical (unpaired) electrons. The Morgan fingerprint density at radius 1 is 1.22 bits per heavy atom. The number of thiazole rings is 1. The summed E-state index contributed by atoms with van der Waals surface area (Å²) >= 11 is 7.53. The van der Waals surface area contributed by atoms with Crippen LogP contribution in [0.4, 0.5) is 0 Å². The maximum Gasteiger partial charge on any atom is 0.240 e. The lowest BCUT2D eigenvalue weighted by Gasteiger charge is -2.24. The molecule has 0 spiro atoms. The van der Waals surface area contributed by atoms with E-state index in [1.165, 1.54) is 0 Å². The zero-order valence-electron chi connectivity index (χ0n) is 17.2. The molecule has 3 heterocycles. The van der Waals surface area contributed by atoms with Crippen molar-refractivity contribution in [3.63, 3.8) is 0 Å². The molecule has 0 aliphatic carbocycles. The van der Waals surface area contributed by atoms with E-state index < -0.39 is 12.1 Å². The predicted octanol–water partition coefficient (Wildman–Crippen LogP) is 3.59. The van der Waals surface area contributed by atoms with Gasteiger partial charge in [0.2, 0.25) is 5.91 Å². The highest BCUT2D eigenvalue weighted by Crippen LogP contribution is 2.27. The van der Waals surface area contributed by atoms with Crippen molar-refractivity contribution in [2.45, 2.75) is 31.7 Å². The second-order valence-electron chi connectivity index (χ2n) is 7.84. The lowest BCUT2D eigenvalue weighted by molar-refractivity contribution is -0.128. The Morgan fingerprint density at radius 2 is 2.03 bits per heavy atom. The molecule has 0 bridgehead atoms. The number of nitrogens with one attached hydrogen (secondary N) is 2. The van der Waals surface area contributed by atoms with Gasteiger partial charge in [0.1, 0.15) is 16.9 Å². The number of hydrogen-bond acceptors (Lipinski definition) is 6. The molecule has 1 fully saturated rings. The van der Waals surface area contributed by atoms with Gasteiger partial charge in [0.25, 0.3) is 0 Å². The zero-order valence-corrected chi connectivity index (χ0v) is 18.7. The second kappa shape index (κ2) is 8.99. The molecule has 32 heavy (non-hydrogen) atoms. The quantitative estimate of drug-likeness (QED) is 0.403. The molecule has 3 N–H and O–H groups in total. The van der Waals surface area contributed by atoms with Gasteiger partial charge in [-0.1, -0.05) is 35.9 Å². The van der Waals surface area contributed by atoms with Crippen LogP contribution in [-0.4, -0.2) is 49.6 Å². The van der Waals surface area contributed by atoms with E-state index in [2.05, 4.69) is 15.3 Å². The fourth-order valence-electron chi connectivity index (χ4n) is 4.03. The number of aromatic amines is 1. The number of amides is 1. The highest BCUT2D eigenvalue weighted by molar-refractivity contribution is 7.13. The molecule has 2 aromatic carbocycles. The third-order valence-electron chi connectivity index (χ3n) is 5.62. The number of rotatable bonds is 6. The summed E-state index contributed by atoms with van der Waals surface area (Å²) in [6.45, 7) is 1.42. The van der Waals surface area contributed by atoms with Crippen LogP contribution in [0.15, 0.2) is 53.9 Å². The average Bonchev–Trinajstić information content (AvgIpc) is 3.51. The molecule has 0 saturated carbocycles. The summed E-state index contributed by atoms with van der Waals surface area (Å²) in [6, 6.07) is 14.7. The van der Waals surface area contributed by atoms with Crippen LogP contribution in [0.3, 0.4) is 0 Å². The summed E-state index contributed by atoms with van der Waals surface area (Å²) < 4.78 is 0. The number of nitrogens with zero attached hydrogens (tertiary/aromatic N) is 3. The van der Waals surface area contributed by atoms with E-state index in [9.17, 15) is 9.90 Å². The van der Waals surface area contributed by atoms with E-state index in [-0.39, 0.29) is 12.5 Å². The molecule has 164 valence electrons. The maximum atomic E-state index is 12.9. The maximum absolute atomic E-state index is 12.9. The van der Waals surface area contributed by atoms with Crippen molar-refractivity contribution in [3.05, 3.63) is 70.5 Å². The summed E-state index contributed by atoms with van der Waals surface area (Å²) in [5.41, 5.74) is 3.68. The molecule has 2 unspecified atom stereocenters. The van der Waals surface area contributed by atoms with Crippen LogP contribution in [0.2, 0.25) is 5.02 Å². The Bertz CT molecular complexity index is 1210. The van der Waals surface area contributed by atoms with Crippen LogP contribution in [0, 0.1) is 0 Å². The molecule has 9 heteroatoms. The fraction of sp³-hybridized carbons (Fsp3) is 0.261. The van der Waals surface area contributed by atoms with Gasteiger partial charge in [-0.25, -0.2) is 9.97 Å². The largest absolute Gasteiger partial charge is 0.391 e. The van der Waals surface area contributed by atoms with Crippen LogP contribution in [0.25, 0.3) is 21.6 Å². The molecule has 4 aromatic rings. The molecule has 5 rings (SSSR count). The van der Waals surface area contributed by atoms with Gasteiger partial charge in [0, 0.05) is 29.1 Å². The number of imidazole rings is 1. The molecule has 2 atom stereocenters. The number of para-hydroxylation sites is 2. The first kappa shape index (κ1) is 21.1. The Hall–Kier alpha value is -2.78. The minimum atomic E-state index is -0.708. The predicted molar refractivity (Wildman–Crippen MR) is 125 cm³/mol. The van der Waals surface area contributed by atoms with E-state index in [0.29, 0.717) is 30.4 Å². The number of aliphatic hydroxyl groups excluding tert-OH is 1. The summed E-state index contributed by atoms with van der Waals surface area (Å²) in [6.07, 6.45) is -0.156. The zero-order chi connectivity index (χ0) is 22.1. The van der Waals surface area contributed by atoms with Gasteiger partial charge in [-0.2, -0.15) is 0 Å². The number of aliphatic hydroxyl groups is 1. The third-order valence-corrected chi connectivity index (χ3v) is 6.81. The number of fused-ring (bicyclic) bond motifs is 1. The van der Waals surface area contributed by atoms with Gasteiger partial charge in [0.05, 0.1) is 29.4 Å². The number of likely N-dealkylation sites (tertiary alicyclic amines) is 1. The lowest BCUT2D eigenvalue weighted by atomic mass is 10.1. The second-order valence-corrected chi connectivity index (χ2v) is 9.14. The van der Waals surface area contributed by atoms with Crippen LogP contribution in [0.5, 0.6) is 0 Å². The van der Waals surface area contributed by atoms with Crippen molar-refractivity contribution in [3.8, 4) is 10.6 Å². The molecule has 1 aliphatic heterocycles. The minimum Gasteiger partial charge on any atom is -0.391 e. The number of H-pyrrole nitrogens is 1. The van der Waals surface area contributed by atoms with Gasteiger partial charge in [-0.15, -0.1) is 11.3 Å². The number of benzene rings is 2. The van der Waals surface area contributed by atoms with Crippen LogP contribution >= 0.6 is 22.9 Å². The summed E-state index contributed by atoms with van der Waals surface area (Å²) in [7, 11) is 0. The molecule has 1 saturated heterocycles. The smallest absolute Gasteiger partial charge is 0.240 e. The van der Waals surface area contributed by atoms with Gasteiger partial charge < -0.3 is 15.4 Å². The highest BCUT2D eigenvalue weighted by Gasteiger charge is 2.38. The third kappa shape index (κ3) is 4.40. The summed E-state index contributed by atoms with van der Waals surface area (Å²) in [5.74, 6) is 0.481. The Kier molecular flexibility index (Phi) is 5.93. The minimum absolute atomic E-state index is 0.205. The fourth-order valence-corrected chi connectivity index (χ4v) is 4.98. The summed E-state index contributed by atoms with van der Waals surface area (Å²) in [5, 5.41) is 17.0. The van der Waals surface area contributed by atoms with Crippen LogP contribution < -0.4 is 5.32 Å². The number of carbonyl (C=O) groups excluding carboxylic acids is 1. The lowest BCUT2D eigenvalue weighted by Crippen LogP contribution is -2.47. The molecule has 7 nitrogen and oxygen atoms in total. The van der Waals surface area contributed by atoms with E-state index in [4.69, 9.17) is 16.6 Å². The highest BCUT2D eigenvalue weighted by atomic mass is 35.5. The number of hydrogen-bond donors (Lipinski definition) is 3. The van der Waals surface area contributed by atoms with Crippen molar-refractivity contribution < 1.29 is 9.90 Å². The van der Waals surface area contributed by atoms with Gasteiger partial charge in [-0.3, -0.25) is 9.69 Å². The Labute approximate surface area is 194 Å². The van der Waals surface area contributed by atoms with Crippen molar-refractivity contribution in [1.29, 1.82) is 0 Å². The Balaban J connectivity index is 1.24. The van der Waals surface area contributed by atoms with Crippen molar-refractivity contribution in [1.82, 2.24) is 25.2 Å². The monoisotopic (exact) mass is 467 g/mol. The SMILES string of the molecule is O=C(NCc1nc2ccccc2[nH]1)C1C(O)CCN1Cc1csc(-c2ccc(Cl)cc2)n1. The number of carbonyl (C=O) groups is 1. The van der Waals surface area contributed by atoms with Crippen molar-refractivity contribution in [2.24, 2.45) is 0 Å². The van der Waals surface area contributed by atoms with Gasteiger partial charge >= 0.3 is 0 Å². The van der Waals surface area contributed by atoms with Gasteiger partial charge in [-0.05, 0) is 30.7 Å². The average molecular weight is 468 g/mol. The normalized spacial score (nSPS) is 18.9. The van der Waals surface area contributed by atoms with Crippen LogP contribution in [0.1, 0.15) is 17.9 Å². The first-order chi connectivity index (χ1) is 15.6. The molecular weight excluding hydrogens is 446 g/mol. The molecule has 2 aromatic heterocycles. The number of aromatic nitrogens is 3. The Morgan fingerprint density at radius 3 is 2.84 bits per heavy atom. The summed E-state index contributed by atoms with van der Waals surface area (Å²) in [4.78, 5) is 27.3. The first-order valence-electron chi connectivity index (χ1n) is 10.4. The van der Waals surface area contributed by atoms with Crippen molar-refractivity contribution >= 4 is 39.9 Å².